The molecular formula is C15H21N3O3. The molecule has 6 heteroatoms. The third kappa shape index (κ3) is 4.53. The van der Waals surface area contributed by atoms with E-state index in [0.29, 0.717) is 0 Å². The highest BCUT2D eigenvalue weighted by molar-refractivity contribution is 5.78. The number of likely N-dealkylation sites (tertiary alicyclic amines) is 1. The van der Waals surface area contributed by atoms with Crippen molar-refractivity contribution in [3.63, 3.8) is 0 Å². The second-order valence-corrected chi connectivity index (χ2v) is 5.46. The molecule has 1 aliphatic heterocycles. The molecule has 1 aromatic carbocycles. The van der Waals surface area contributed by atoms with Crippen molar-refractivity contribution in [1.29, 1.82) is 0 Å². The van der Waals surface area contributed by atoms with Crippen LogP contribution in [0.5, 0.6) is 0 Å². The van der Waals surface area contributed by atoms with Crippen molar-refractivity contribution in [2.75, 3.05) is 33.2 Å². The Morgan fingerprint density at radius 3 is 2.48 bits per heavy atom. The Hall–Kier alpha value is -1.95. The third-order valence-electron chi connectivity index (χ3n) is 3.88. The van der Waals surface area contributed by atoms with Crippen LogP contribution in [0.25, 0.3) is 0 Å². The van der Waals surface area contributed by atoms with E-state index in [0.717, 1.165) is 31.7 Å². The molecule has 1 aliphatic rings. The third-order valence-corrected chi connectivity index (χ3v) is 3.88. The fourth-order valence-corrected chi connectivity index (χ4v) is 2.47. The Bertz CT molecular complexity index is 495. The summed E-state index contributed by atoms with van der Waals surface area (Å²) in [5, 5.41) is 10.6. The van der Waals surface area contributed by atoms with Gasteiger partial charge in [0.25, 0.3) is 5.69 Å². The fourth-order valence-electron chi connectivity index (χ4n) is 2.47. The number of nitrogens with zero attached hydrogens (tertiary/aromatic N) is 3. The van der Waals surface area contributed by atoms with Crippen molar-refractivity contribution >= 4 is 11.6 Å². The molecule has 1 amide bonds. The van der Waals surface area contributed by atoms with Crippen molar-refractivity contribution in [1.82, 2.24) is 9.80 Å². The molecule has 1 fully saturated rings. The average Bonchev–Trinajstić information content (AvgIpc) is 2.98. The summed E-state index contributed by atoms with van der Waals surface area (Å²) in [5.41, 5.74) is 0.854. The molecule has 0 spiro atoms. The summed E-state index contributed by atoms with van der Waals surface area (Å²) in [6.45, 7) is 3.91. The van der Waals surface area contributed by atoms with Gasteiger partial charge in [-0.1, -0.05) is 12.1 Å². The Balaban J connectivity index is 1.80. The highest BCUT2D eigenvalue weighted by Gasteiger charge is 2.15. The second-order valence-electron chi connectivity index (χ2n) is 5.46. The Morgan fingerprint density at radius 1 is 1.29 bits per heavy atom. The molecule has 114 valence electrons. The average molecular weight is 291 g/mol. The number of hydrogen-bond acceptors (Lipinski definition) is 4. The van der Waals surface area contributed by atoms with Crippen LogP contribution < -0.4 is 0 Å². The van der Waals surface area contributed by atoms with Gasteiger partial charge in [0.05, 0.1) is 11.3 Å². The maximum absolute atomic E-state index is 12.1. The molecule has 1 aromatic rings. The Kier molecular flexibility index (Phi) is 5.27. The molecular weight excluding hydrogens is 270 g/mol. The smallest absolute Gasteiger partial charge is 0.269 e. The van der Waals surface area contributed by atoms with Gasteiger partial charge < -0.3 is 9.80 Å². The SMILES string of the molecule is CN(CCN1CCCC1)C(=O)Cc1ccc([N+](=O)[O-])cc1. The lowest BCUT2D eigenvalue weighted by Gasteiger charge is -2.21. The Labute approximate surface area is 124 Å². The number of carbonyl (C=O) groups excluding carboxylic acids is 1. The van der Waals surface area contributed by atoms with Crippen molar-refractivity contribution in [2.45, 2.75) is 19.3 Å². The number of rotatable bonds is 6. The van der Waals surface area contributed by atoms with E-state index in [4.69, 9.17) is 0 Å². The summed E-state index contributed by atoms with van der Waals surface area (Å²) < 4.78 is 0. The van der Waals surface area contributed by atoms with Gasteiger partial charge in [0, 0.05) is 32.3 Å². The maximum atomic E-state index is 12.1. The highest BCUT2D eigenvalue weighted by Crippen LogP contribution is 2.13. The fraction of sp³-hybridized carbons (Fsp3) is 0.533. The molecule has 0 radical (unpaired) electrons. The van der Waals surface area contributed by atoms with E-state index in [2.05, 4.69) is 4.90 Å². The number of likely N-dealkylation sites (N-methyl/N-ethyl adjacent to an activating group) is 1. The largest absolute Gasteiger partial charge is 0.344 e. The van der Waals surface area contributed by atoms with Crippen LogP contribution >= 0.6 is 0 Å². The molecule has 0 unspecified atom stereocenters. The second kappa shape index (κ2) is 7.17. The summed E-state index contributed by atoms with van der Waals surface area (Å²) in [6, 6.07) is 6.16. The van der Waals surface area contributed by atoms with E-state index >= 15 is 0 Å². The zero-order valence-electron chi connectivity index (χ0n) is 12.3. The van der Waals surface area contributed by atoms with E-state index in [1.165, 1.54) is 25.0 Å². The van der Waals surface area contributed by atoms with Gasteiger partial charge in [-0.05, 0) is 31.5 Å². The van der Waals surface area contributed by atoms with Gasteiger partial charge in [-0.25, -0.2) is 0 Å². The minimum Gasteiger partial charge on any atom is -0.344 e. The van der Waals surface area contributed by atoms with Crippen LogP contribution in [-0.4, -0.2) is 53.9 Å². The van der Waals surface area contributed by atoms with Gasteiger partial charge in [0.15, 0.2) is 0 Å². The van der Waals surface area contributed by atoms with Crippen LogP contribution in [-0.2, 0) is 11.2 Å². The van der Waals surface area contributed by atoms with Gasteiger partial charge in [0.2, 0.25) is 5.91 Å². The number of hydrogen-bond donors (Lipinski definition) is 0. The number of nitro groups is 1. The van der Waals surface area contributed by atoms with Gasteiger partial charge in [-0.15, -0.1) is 0 Å². The quantitative estimate of drug-likeness (QED) is 0.591. The lowest BCUT2D eigenvalue weighted by molar-refractivity contribution is -0.384. The van der Waals surface area contributed by atoms with Crippen LogP contribution in [0, 0.1) is 10.1 Å². The molecule has 0 aliphatic carbocycles. The summed E-state index contributed by atoms with van der Waals surface area (Å²) in [6.07, 6.45) is 2.79. The summed E-state index contributed by atoms with van der Waals surface area (Å²) in [5.74, 6) is 0.0445. The molecule has 1 heterocycles. The lowest BCUT2D eigenvalue weighted by Crippen LogP contribution is -2.35. The van der Waals surface area contributed by atoms with E-state index in [9.17, 15) is 14.9 Å². The molecule has 6 nitrogen and oxygen atoms in total. The molecule has 0 atom stereocenters. The number of nitro benzene ring substituents is 1. The van der Waals surface area contributed by atoms with Crippen LogP contribution in [0.2, 0.25) is 0 Å². The predicted molar refractivity (Wildman–Crippen MR) is 80.1 cm³/mol. The number of non-ortho nitro benzene ring substituents is 1. The monoisotopic (exact) mass is 291 g/mol. The number of carbonyl (C=O) groups is 1. The van der Waals surface area contributed by atoms with Crippen LogP contribution in [0.1, 0.15) is 18.4 Å². The minimum absolute atomic E-state index is 0.0445. The van der Waals surface area contributed by atoms with Gasteiger partial charge in [-0.2, -0.15) is 0 Å². The zero-order valence-corrected chi connectivity index (χ0v) is 12.3. The molecule has 0 aromatic heterocycles. The zero-order chi connectivity index (χ0) is 15.2. The van der Waals surface area contributed by atoms with Crippen molar-refractivity contribution < 1.29 is 9.72 Å². The molecule has 1 saturated heterocycles. The normalized spacial score (nSPS) is 15.1. The molecule has 0 N–H and O–H groups in total. The highest BCUT2D eigenvalue weighted by atomic mass is 16.6. The number of amides is 1. The van der Waals surface area contributed by atoms with Crippen LogP contribution in [0.4, 0.5) is 5.69 Å². The predicted octanol–water partition coefficient (Wildman–Crippen LogP) is 1.69. The first-order valence-corrected chi connectivity index (χ1v) is 7.26. The van der Waals surface area contributed by atoms with Crippen molar-refractivity contribution in [3.8, 4) is 0 Å². The van der Waals surface area contributed by atoms with Crippen LogP contribution in [0.3, 0.4) is 0 Å². The van der Waals surface area contributed by atoms with Gasteiger partial charge in [0.1, 0.15) is 0 Å². The van der Waals surface area contributed by atoms with E-state index in [-0.39, 0.29) is 18.0 Å². The number of benzene rings is 1. The maximum Gasteiger partial charge on any atom is 0.269 e. The van der Waals surface area contributed by atoms with E-state index in [1.807, 2.05) is 7.05 Å². The first-order valence-electron chi connectivity index (χ1n) is 7.26. The van der Waals surface area contributed by atoms with E-state index in [1.54, 1.807) is 17.0 Å². The topological polar surface area (TPSA) is 66.7 Å². The van der Waals surface area contributed by atoms with Gasteiger partial charge >= 0.3 is 0 Å². The Morgan fingerprint density at radius 2 is 1.90 bits per heavy atom. The van der Waals surface area contributed by atoms with Gasteiger partial charge in [-0.3, -0.25) is 14.9 Å². The molecule has 2 rings (SSSR count). The minimum atomic E-state index is -0.437. The first kappa shape index (κ1) is 15.4. The summed E-state index contributed by atoms with van der Waals surface area (Å²) >= 11 is 0. The summed E-state index contributed by atoms with van der Waals surface area (Å²) in [7, 11) is 1.81. The summed E-state index contributed by atoms with van der Waals surface area (Å²) in [4.78, 5) is 26.4. The lowest BCUT2D eigenvalue weighted by atomic mass is 10.1. The van der Waals surface area contributed by atoms with Crippen molar-refractivity contribution in [2.24, 2.45) is 0 Å². The van der Waals surface area contributed by atoms with Crippen LogP contribution in [0.15, 0.2) is 24.3 Å². The van der Waals surface area contributed by atoms with Crippen molar-refractivity contribution in [3.05, 3.63) is 39.9 Å². The molecule has 0 bridgehead atoms. The molecule has 0 saturated carbocycles. The first-order chi connectivity index (χ1) is 10.1. The molecule has 21 heavy (non-hydrogen) atoms. The van der Waals surface area contributed by atoms with E-state index < -0.39 is 4.92 Å². The standard InChI is InChI=1S/C15H21N3O3/c1-16(10-11-17-8-2-3-9-17)15(19)12-13-4-6-14(7-5-13)18(20)21/h4-7H,2-3,8-12H2,1H3.